The third kappa shape index (κ3) is 2.03. The number of aryl methyl sites for hydroxylation is 2. The van der Waals surface area contributed by atoms with Crippen molar-refractivity contribution in [2.45, 2.75) is 32.2 Å². The van der Waals surface area contributed by atoms with Crippen LogP contribution in [0.3, 0.4) is 0 Å². The lowest BCUT2D eigenvalue weighted by Gasteiger charge is -2.22. The van der Waals surface area contributed by atoms with E-state index in [1.165, 1.54) is 0 Å². The predicted molar refractivity (Wildman–Crippen MR) is 82.8 cm³/mol. The number of carbonyl (C=O) groups is 1. The molecule has 1 amide bonds. The second kappa shape index (κ2) is 5.05. The zero-order valence-corrected chi connectivity index (χ0v) is 12.4. The summed E-state index contributed by atoms with van der Waals surface area (Å²) in [6, 6.07) is 9.66. The minimum absolute atomic E-state index is 0.00242. The summed E-state index contributed by atoms with van der Waals surface area (Å²) in [6.45, 7) is 1.92. The molecule has 4 nitrogen and oxygen atoms in total. The van der Waals surface area contributed by atoms with Crippen LogP contribution in [-0.2, 0) is 6.42 Å². The van der Waals surface area contributed by atoms with E-state index < -0.39 is 0 Å². The maximum absolute atomic E-state index is 12.6. The van der Waals surface area contributed by atoms with Crippen LogP contribution in [0, 0.1) is 6.92 Å². The van der Waals surface area contributed by atoms with Crippen molar-refractivity contribution >= 4 is 16.9 Å². The normalized spacial score (nSPS) is 17.4. The molecule has 1 aliphatic carbocycles. The number of para-hydroxylation sites is 1. The summed E-state index contributed by atoms with van der Waals surface area (Å²) >= 11 is 0. The predicted octanol–water partition coefficient (Wildman–Crippen LogP) is 4.14. The second-order valence-electron chi connectivity index (χ2n) is 5.77. The van der Waals surface area contributed by atoms with E-state index in [0.29, 0.717) is 5.76 Å². The van der Waals surface area contributed by atoms with Crippen molar-refractivity contribution in [1.29, 1.82) is 0 Å². The quantitative estimate of drug-likeness (QED) is 0.773. The molecule has 0 saturated carbocycles. The Morgan fingerprint density at radius 3 is 3.00 bits per heavy atom. The van der Waals surface area contributed by atoms with E-state index in [0.717, 1.165) is 47.1 Å². The molecule has 1 N–H and O–H groups in total. The first kappa shape index (κ1) is 13.2. The van der Waals surface area contributed by atoms with E-state index in [-0.39, 0.29) is 11.9 Å². The molecule has 4 heteroatoms. The zero-order chi connectivity index (χ0) is 15.1. The molecular formula is C18H17NO3. The summed E-state index contributed by atoms with van der Waals surface area (Å²) in [5.74, 6) is 1.22. The fourth-order valence-corrected chi connectivity index (χ4v) is 3.25. The Hall–Kier alpha value is -2.49. The smallest absolute Gasteiger partial charge is 0.287 e. The maximum atomic E-state index is 12.6. The molecule has 1 atom stereocenters. The standard InChI is InChI=1S/C18H17NO3/c1-11-12-5-2-3-7-16(12)22-17(11)18(20)19-14-6-4-8-15-13(14)9-10-21-15/h2-3,5,7,9-10,14H,4,6,8H2,1H3,(H,19,20). The fraction of sp³-hybridized carbons (Fsp3) is 0.278. The van der Waals surface area contributed by atoms with Crippen LogP contribution >= 0.6 is 0 Å². The Morgan fingerprint density at radius 1 is 1.27 bits per heavy atom. The van der Waals surface area contributed by atoms with Crippen molar-refractivity contribution in [1.82, 2.24) is 5.32 Å². The number of rotatable bonds is 2. The number of furan rings is 2. The average molecular weight is 295 g/mol. The van der Waals surface area contributed by atoms with E-state index in [4.69, 9.17) is 8.83 Å². The highest BCUT2D eigenvalue weighted by molar-refractivity contribution is 5.99. The van der Waals surface area contributed by atoms with Crippen LogP contribution in [0.4, 0.5) is 0 Å². The topological polar surface area (TPSA) is 55.4 Å². The Morgan fingerprint density at radius 2 is 2.14 bits per heavy atom. The van der Waals surface area contributed by atoms with Crippen molar-refractivity contribution in [3.8, 4) is 0 Å². The molecule has 2 heterocycles. The molecule has 0 fully saturated rings. The molecule has 3 aromatic rings. The third-order valence-electron chi connectivity index (χ3n) is 4.41. The lowest BCUT2D eigenvalue weighted by molar-refractivity contribution is 0.0905. The molecule has 112 valence electrons. The highest BCUT2D eigenvalue weighted by Gasteiger charge is 2.26. The van der Waals surface area contributed by atoms with Crippen LogP contribution in [0.5, 0.6) is 0 Å². The summed E-state index contributed by atoms with van der Waals surface area (Å²) in [6.07, 6.45) is 4.59. The van der Waals surface area contributed by atoms with Gasteiger partial charge in [0.05, 0.1) is 12.3 Å². The van der Waals surface area contributed by atoms with Gasteiger partial charge in [-0.05, 0) is 31.9 Å². The van der Waals surface area contributed by atoms with Crippen LogP contribution < -0.4 is 5.32 Å². The van der Waals surface area contributed by atoms with E-state index in [9.17, 15) is 4.79 Å². The molecule has 0 radical (unpaired) electrons. The highest BCUT2D eigenvalue weighted by atomic mass is 16.3. The Labute approximate surface area is 128 Å². The number of carbonyl (C=O) groups excluding carboxylic acids is 1. The SMILES string of the molecule is Cc1c(C(=O)NC2CCCc3occc32)oc2ccccc12. The summed E-state index contributed by atoms with van der Waals surface area (Å²) in [7, 11) is 0. The van der Waals surface area contributed by atoms with Gasteiger partial charge in [-0.2, -0.15) is 0 Å². The molecule has 22 heavy (non-hydrogen) atoms. The Kier molecular flexibility index (Phi) is 3.03. The van der Waals surface area contributed by atoms with E-state index in [2.05, 4.69) is 5.32 Å². The Bertz CT molecular complexity index is 843. The minimum Gasteiger partial charge on any atom is -0.469 e. The van der Waals surface area contributed by atoms with E-state index in [1.54, 1.807) is 6.26 Å². The Balaban J connectivity index is 1.64. The van der Waals surface area contributed by atoms with Crippen molar-refractivity contribution in [2.75, 3.05) is 0 Å². The molecule has 4 rings (SSSR count). The van der Waals surface area contributed by atoms with Gasteiger partial charge in [0.25, 0.3) is 5.91 Å². The van der Waals surface area contributed by atoms with E-state index >= 15 is 0 Å². The molecule has 2 aromatic heterocycles. The van der Waals surface area contributed by atoms with Gasteiger partial charge in [-0.25, -0.2) is 0 Å². The minimum atomic E-state index is -0.159. The molecule has 1 unspecified atom stereocenters. The number of hydrogen-bond acceptors (Lipinski definition) is 3. The number of fused-ring (bicyclic) bond motifs is 2. The lowest BCUT2D eigenvalue weighted by atomic mass is 9.93. The number of benzene rings is 1. The molecule has 0 spiro atoms. The van der Waals surface area contributed by atoms with Crippen LogP contribution in [0.25, 0.3) is 11.0 Å². The highest BCUT2D eigenvalue weighted by Crippen LogP contribution is 2.31. The first-order valence-corrected chi connectivity index (χ1v) is 7.59. The van der Waals surface area contributed by atoms with Crippen molar-refractivity contribution in [3.63, 3.8) is 0 Å². The van der Waals surface area contributed by atoms with Gasteiger partial charge < -0.3 is 14.2 Å². The van der Waals surface area contributed by atoms with Crippen LogP contribution in [-0.4, -0.2) is 5.91 Å². The first-order chi connectivity index (χ1) is 10.7. The van der Waals surface area contributed by atoms with Gasteiger partial charge in [0, 0.05) is 22.9 Å². The summed E-state index contributed by atoms with van der Waals surface area (Å²) in [4.78, 5) is 12.6. The molecule has 0 saturated heterocycles. The number of hydrogen-bond donors (Lipinski definition) is 1. The average Bonchev–Trinajstić information content (AvgIpc) is 3.13. The fourth-order valence-electron chi connectivity index (χ4n) is 3.25. The molecule has 1 aliphatic rings. The van der Waals surface area contributed by atoms with Crippen LogP contribution in [0.15, 0.2) is 45.4 Å². The molecular weight excluding hydrogens is 278 g/mol. The molecule has 1 aromatic carbocycles. The van der Waals surface area contributed by atoms with Crippen molar-refractivity contribution in [2.24, 2.45) is 0 Å². The van der Waals surface area contributed by atoms with Gasteiger partial charge in [0.15, 0.2) is 5.76 Å². The van der Waals surface area contributed by atoms with Gasteiger partial charge in [-0.3, -0.25) is 4.79 Å². The summed E-state index contributed by atoms with van der Waals surface area (Å²) in [5.41, 5.74) is 2.72. The van der Waals surface area contributed by atoms with E-state index in [1.807, 2.05) is 37.3 Å². The van der Waals surface area contributed by atoms with Gasteiger partial charge in [0.2, 0.25) is 0 Å². The second-order valence-corrected chi connectivity index (χ2v) is 5.77. The van der Waals surface area contributed by atoms with Crippen molar-refractivity contribution < 1.29 is 13.6 Å². The third-order valence-corrected chi connectivity index (χ3v) is 4.41. The first-order valence-electron chi connectivity index (χ1n) is 7.59. The summed E-state index contributed by atoms with van der Waals surface area (Å²) < 4.78 is 11.2. The van der Waals surface area contributed by atoms with Crippen molar-refractivity contribution in [3.05, 3.63) is 59.2 Å². The van der Waals surface area contributed by atoms with Gasteiger partial charge in [-0.15, -0.1) is 0 Å². The lowest BCUT2D eigenvalue weighted by Crippen LogP contribution is -2.30. The van der Waals surface area contributed by atoms with Gasteiger partial charge in [-0.1, -0.05) is 18.2 Å². The van der Waals surface area contributed by atoms with Crippen LogP contribution in [0.2, 0.25) is 0 Å². The van der Waals surface area contributed by atoms with Gasteiger partial charge in [0.1, 0.15) is 11.3 Å². The molecule has 0 bridgehead atoms. The molecule has 0 aliphatic heterocycles. The summed E-state index contributed by atoms with van der Waals surface area (Å²) in [5, 5.41) is 4.07. The number of nitrogens with one attached hydrogen (secondary N) is 1. The maximum Gasteiger partial charge on any atom is 0.287 e. The zero-order valence-electron chi connectivity index (χ0n) is 12.4. The number of amides is 1. The largest absolute Gasteiger partial charge is 0.469 e. The van der Waals surface area contributed by atoms with Crippen LogP contribution in [0.1, 0.15) is 46.3 Å². The van der Waals surface area contributed by atoms with Gasteiger partial charge >= 0.3 is 0 Å². The monoisotopic (exact) mass is 295 g/mol.